The minimum Gasteiger partial charge on any atom is -0.492 e. The lowest BCUT2D eigenvalue weighted by molar-refractivity contribution is 0.301. The normalized spacial score (nSPS) is 11.7. The van der Waals surface area contributed by atoms with Gasteiger partial charge in [-0.2, -0.15) is 0 Å². The maximum absolute atomic E-state index is 11.6. The van der Waals surface area contributed by atoms with Gasteiger partial charge in [-0.05, 0) is 18.6 Å². The third-order valence-electron chi connectivity index (χ3n) is 5.57. The molecule has 0 spiro atoms. The zero-order valence-electron chi connectivity index (χ0n) is 19.2. The summed E-state index contributed by atoms with van der Waals surface area (Å²) >= 11 is -1.68. The second-order valence-corrected chi connectivity index (χ2v) is 11.4. The number of halogens is 1. The van der Waals surface area contributed by atoms with Crippen LogP contribution in [-0.2, 0) is 13.1 Å². The summed E-state index contributed by atoms with van der Waals surface area (Å²) in [6.07, 6.45) is 21.0. The first-order valence-electron chi connectivity index (χ1n) is 12.1. The molecule has 1 aromatic carbocycles. The highest BCUT2D eigenvalue weighted by atomic mass is 127. The van der Waals surface area contributed by atoms with E-state index in [9.17, 15) is 11.5 Å². The Balaban J connectivity index is 1.99. The van der Waals surface area contributed by atoms with Crippen molar-refractivity contribution in [2.45, 2.75) is 115 Å². The van der Waals surface area contributed by atoms with Crippen molar-refractivity contribution < 1.29 is 16.2 Å². The molecule has 0 bridgehead atoms. The van der Waals surface area contributed by atoms with Crippen LogP contribution in [-0.4, -0.2) is 15.0 Å². The predicted molar refractivity (Wildman–Crippen MR) is 136 cm³/mol. The largest absolute Gasteiger partial charge is 0.492 e. The Labute approximate surface area is 200 Å². The molecule has 0 saturated heterocycles. The fourth-order valence-electron chi connectivity index (χ4n) is 3.73. The summed E-state index contributed by atoms with van der Waals surface area (Å²) < 4.78 is 40.6. The minimum absolute atomic E-state index is 0.0835. The van der Waals surface area contributed by atoms with Gasteiger partial charge in [-0.25, -0.2) is 13.6 Å². The molecule has 31 heavy (non-hydrogen) atoms. The van der Waals surface area contributed by atoms with Crippen molar-refractivity contribution >= 4 is 31.2 Å². The first-order chi connectivity index (χ1) is 15.0. The molecule has 0 saturated carbocycles. The third-order valence-corrected chi connectivity index (χ3v) is 8.44. The minimum atomic E-state index is -3.88. The van der Waals surface area contributed by atoms with E-state index in [1.165, 1.54) is 96.0 Å². The van der Waals surface area contributed by atoms with E-state index < -0.39 is 31.2 Å². The average molecular weight is 568 g/mol. The summed E-state index contributed by atoms with van der Waals surface area (Å²) in [5.74, 6) is 0.385. The lowest BCUT2D eigenvalue weighted by atomic mass is 10.0. The third kappa shape index (κ3) is 13.6. The maximum Gasteiger partial charge on any atom is 0.239 e. The highest BCUT2D eigenvalue weighted by Crippen LogP contribution is 2.30. The molecule has 0 heterocycles. The van der Waals surface area contributed by atoms with Gasteiger partial charge >= 0.3 is 0 Å². The number of unbranched alkanes of at least 4 members (excludes halogenated alkanes) is 15. The van der Waals surface area contributed by atoms with Crippen molar-refractivity contribution in [3.05, 3.63) is 21.8 Å². The van der Waals surface area contributed by atoms with E-state index in [4.69, 9.17) is 9.88 Å². The SMILES string of the molecule is CCCCCCCCCCCCCCCCCCOc1cccc(S(N)(=O)=O)c1I=O. The zero-order valence-corrected chi connectivity index (χ0v) is 22.2. The van der Waals surface area contributed by atoms with Gasteiger partial charge in [0.05, 0.1) is 6.61 Å². The summed E-state index contributed by atoms with van der Waals surface area (Å²) in [7, 11) is -3.88. The Morgan fingerprint density at radius 3 is 1.65 bits per heavy atom. The Morgan fingerprint density at radius 1 is 0.774 bits per heavy atom. The molecular formula is C24H42INO4S. The number of benzene rings is 1. The van der Waals surface area contributed by atoms with Gasteiger partial charge in [0.2, 0.25) is 10.0 Å². The molecule has 0 aromatic heterocycles. The second-order valence-electron chi connectivity index (χ2n) is 8.34. The zero-order chi connectivity index (χ0) is 22.8. The first-order valence-corrected chi connectivity index (χ1v) is 15.6. The molecule has 180 valence electrons. The van der Waals surface area contributed by atoms with Gasteiger partial charge in [0.1, 0.15) is 14.2 Å². The fraction of sp³-hybridized carbons (Fsp3) is 0.750. The van der Waals surface area contributed by atoms with E-state index in [2.05, 4.69) is 6.92 Å². The number of nitrogens with two attached hydrogens (primary N) is 1. The molecular weight excluding hydrogens is 525 g/mol. The Hall–Kier alpha value is -0.540. The number of hydrogen-bond donors (Lipinski definition) is 1. The molecule has 0 radical (unpaired) electrons. The van der Waals surface area contributed by atoms with Crippen molar-refractivity contribution in [3.8, 4) is 5.75 Å². The number of ether oxygens (including phenoxy) is 1. The fourth-order valence-corrected chi connectivity index (χ4v) is 6.43. The van der Waals surface area contributed by atoms with Crippen LogP contribution in [0.5, 0.6) is 5.75 Å². The second kappa shape index (κ2) is 18.0. The average Bonchev–Trinajstić information content (AvgIpc) is 2.75. The molecule has 1 rings (SSSR count). The van der Waals surface area contributed by atoms with Crippen LogP contribution in [0.4, 0.5) is 0 Å². The van der Waals surface area contributed by atoms with Crippen LogP contribution in [0.2, 0.25) is 0 Å². The van der Waals surface area contributed by atoms with Gasteiger partial charge in [-0.1, -0.05) is 109 Å². The molecule has 2 N–H and O–H groups in total. The van der Waals surface area contributed by atoms with Crippen molar-refractivity contribution in [2.24, 2.45) is 5.14 Å². The highest BCUT2D eigenvalue weighted by molar-refractivity contribution is 14.1. The van der Waals surface area contributed by atoms with Crippen LogP contribution in [0.1, 0.15) is 110 Å². The van der Waals surface area contributed by atoms with Crippen molar-refractivity contribution in [1.29, 1.82) is 0 Å². The van der Waals surface area contributed by atoms with Crippen molar-refractivity contribution in [3.63, 3.8) is 0 Å². The van der Waals surface area contributed by atoms with Gasteiger partial charge in [0.15, 0.2) is 21.2 Å². The molecule has 0 unspecified atom stereocenters. The monoisotopic (exact) mass is 567 g/mol. The van der Waals surface area contributed by atoms with Crippen LogP contribution < -0.4 is 9.88 Å². The molecule has 0 atom stereocenters. The molecule has 0 aliphatic heterocycles. The molecule has 0 aliphatic carbocycles. The van der Waals surface area contributed by atoms with Crippen LogP contribution in [0, 0.1) is 3.57 Å². The Bertz CT molecular complexity index is 710. The van der Waals surface area contributed by atoms with Gasteiger partial charge in [-0.15, -0.1) is 0 Å². The topological polar surface area (TPSA) is 86.5 Å². The smallest absolute Gasteiger partial charge is 0.239 e. The van der Waals surface area contributed by atoms with Crippen LogP contribution in [0.3, 0.4) is 0 Å². The Morgan fingerprint density at radius 2 is 1.23 bits per heavy atom. The van der Waals surface area contributed by atoms with Gasteiger partial charge < -0.3 is 4.74 Å². The molecule has 0 amide bonds. The number of rotatable bonds is 20. The van der Waals surface area contributed by atoms with Crippen LogP contribution >= 0.6 is 21.2 Å². The van der Waals surface area contributed by atoms with Crippen LogP contribution in [0.25, 0.3) is 0 Å². The lowest BCUT2D eigenvalue weighted by Gasteiger charge is -2.10. The quantitative estimate of drug-likeness (QED) is 0.131. The van der Waals surface area contributed by atoms with E-state index in [-0.39, 0.29) is 8.47 Å². The summed E-state index contributed by atoms with van der Waals surface area (Å²) in [6.45, 7) is 2.77. The first kappa shape index (κ1) is 28.5. The van der Waals surface area contributed by atoms with E-state index in [1.54, 1.807) is 12.1 Å². The molecule has 1 aromatic rings. The summed E-state index contributed by atoms with van der Waals surface area (Å²) in [4.78, 5) is -0.0835. The van der Waals surface area contributed by atoms with Crippen molar-refractivity contribution in [1.82, 2.24) is 0 Å². The summed E-state index contributed by atoms with van der Waals surface area (Å²) in [5, 5.41) is 5.19. The maximum atomic E-state index is 11.6. The summed E-state index contributed by atoms with van der Waals surface area (Å²) in [6, 6.07) is 4.61. The molecule has 0 fully saturated rings. The highest BCUT2D eigenvalue weighted by Gasteiger charge is 2.18. The molecule has 0 aliphatic rings. The van der Waals surface area contributed by atoms with E-state index in [0.29, 0.717) is 12.4 Å². The summed E-state index contributed by atoms with van der Waals surface area (Å²) in [5.41, 5.74) is 0. The van der Waals surface area contributed by atoms with Gasteiger partial charge in [0, 0.05) is 0 Å². The van der Waals surface area contributed by atoms with Gasteiger partial charge in [-0.3, -0.25) is 3.07 Å². The molecule has 5 nitrogen and oxygen atoms in total. The van der Waals surface area contributed by atoms with Crippen molar-refractivity contribution in [2.75, 3.05) is 6.61 Å². The predicted octanol–water partition coefficient (Wildman–Crippen LogP) is 7.46. The number of hydrogen-bond acceptors (Lipinski definition) is 4. The van der Waals surface area contributed by atoms with E-state index >= 15 is 0 Å². The Kier molecular flexibility index (Phi) is 16.5. The van der Waals surface area contributed by atoms with Gasteiger partial charge in [0.25, 0.3) is 0 Å². The molecule has 7 heteroatoms. The number of primary sulfonamides is 1. The van der Waals surface area contributed by atoms with E-state index in [0.717, 1.165) is 12.8 Å². The lowest BCUT2D eigenvalue weighted by Crippen LogP contribution is -2.14. The van der Waals surface area contributed by atoms with Crippen LogP contribution in [0.15, 0.2) is 23.1 Å². The standard InChI is InChI=1S/C24H42INO4S/c1-2-3-4-5-6-7-8-9-10-11-12-13-14-15-16-17-21-30-22-19-18-20-23(24(22)25-27)31(26,28)29/h18-20H,2-17,21H2,1H3,(H2,26,28,29). The van der Waals surface area contributed by atoms with E-state index in [1.807, 2.05) is 0 Å². The number of sulfonamides is 1.